The summed E-state index contributed by atoms with van der Waals surface area (Å²) < 4.78 is 49.2. The summed E-state index contributed by atoms with van der Waals surface area (Å²) >= 11 is 0. The molecule has 0 radical (unpaired) electrons. The van der Waals surface area contributed by atoms with Gasteiger partial charge in [0.15, 0.2) is 6.10 Å². The monoisotopic (exact) mass is 976 g/mol. The van der Waals surface area contributed by atoms with Crippen LogP contribution in [0.1, 0.15) is 136 Å². The van der Waals surface area contributed by atoms with Crippen molar-refractivity contribution in [3.63, 3.8) is 0 Å². The number of hydrogen-bond donors (Lipinski definition) is 8. The van der Waals surface area contributed by atoms with Gasteiger partial charge in [-0.05, 0) is 70.6 Å². The highest BCUT2D eigenvalue weighted by atomic mass is 31.2. The van der Waals surface area contributed by atoms with Gasteiger partial charge in [0.05, 0.1) is 12.7 Å². The molecular formula is C47H78O17P2. The molecule has 1 saturated carbocycles. The van der Waals surface area contributed by atoms with Crippen molar-refractivity contribution >= 4 is 27.6 Å². The molecule has 1 aliphatic carbocycles. The number of phosphoric ester groups is 2. The third-order valence-electron chi connectivity index (χ3n) is 10.0. The molecule has 378 valence electrons. The maximum absolute atomic E-state index is 13.0. The van der Waals surface area contributed by atoms with E-state index < -0.39 is 89.6 Å². The summed E-state index contributed by atoms with van der Waals surface area (Å²) in [6.07, 6.45) is 27.3. The van der Waals surface area contributed by atoms with Gasteiger partial charge in [-0.2, -0.15) is 0 Å². The third kappa shape index (κ3) is 31.2. The zero-order valence-corrected chi connectivity index (χ0v) is 40.5. The first-order valence-electron chi connectivity index (χ1n) is 23.2. The van der Waals surface area contributed by atoms with Gasteiger partial charge < -0.3 is 49.7 Å². The lowest BCUT2D eigenvalue weighted by molar-refractivity contribution is -0.216. The molecule has 1 aliphatic rings. The average Bonchev–Trinajstić information content (AvgIpc) is 3.27. The van der Waals surface area contributed by atoms with Gasteiger partial charge in [-0.25, -0.2) is 9.13 Å². The fraction of sp³-hybridized carbons (Fsp3) is 0.660. The molecule has 0 aromatic heterocycles. The maximum Gasteiger partial charge on any atom is 0.472 e. The highest BCUT2D eigenvalue weighted by molar-refractivity contribution is 7.47. The quantitative estimate of drug-likeness (QED) is 0.00979. The van der Waals surface area contributed by atoms with E-state index in [1.165, 1.54) is 25.7 Å². The van der Waals surface area contributed by atoms with Gasteiger partial charge in [-0.15, -0.1) is 0 Å². The van der Waals surface area contributed by atoms with Crippen LogP contribution in [0.2, 0.25) is 0 Å². The molecule has 1 rings (SSSR count). The SMILES string of the molecule is CC/C=C\C/C=C\CC(O)/C=C/C=C\C/C=C\C/C=C\CCC(=O)O[C@H](COC(=O)CCCCCCC/C=C\CCCCCC)COP(=O)(O)O[C@H]1C(O)C(O)C(O)[C@@H](OP(=O)(O)O)C1O. The van der Waals surface area contributed by atoms with Crippen molar-refractivity contribution in [1.29, 1.82) is 0 Å². The van der Waals surface area contributed by atoms with Crippen LogP contribution in [0.4, 0.5) is 0 Å². The molecule has 17 nitrogen and oxygen atoms in total. The van der Waals surface area contributed by atoms with E-state index in [1.807, 2.05) is 42.5 Å². The van der Waals surface area contributed by atoms with E-state index in [1.54, 1.807) is 18.2 Å². The number of unbranched alkanes of at least 4 members (excludes halogenated alkanes) is 9. The molecular weight excluding hydrogens is 898 g/mol. The second-order valence-electron chi connectivity index (χ2n) is 15.9. The highest BCUT2D eigenvalue weighted by Gasteiger charge is 2.54. The fourth-order valence-electron chi connectivity index (χ4n) is 6.42. The van der Waals surface area contributed by atoms with Crippen LogP contribution in [0.15, 0.2) is 85.1 Å². The Balaban J connectivity index is 2.69. The molecule has 0 bridgehead atoms. The van der Waals surface area contributed by atoms with Crippen LogP contribution < -0.4 is 0 Å². The normalized spacial score (nSPS) is 22.8. The predicted molar refractivity (Wildman–Crippen MR) is 251 cm³/mol. The summed E-state index contributed by atoms with van der Waals surface area (Å²) in [5.41, 5.74) is 0. The van der Waals surface area contributed by atoms with E-state index >= 15 is 0 Å². The first-order chi connectivity index (χ1) is 31.5. The van der Waals surface area contributed by atoms with Gasteiger partial charge in [0.1, 0.15) is 43.2 Å². The van der Waals surface area contributed by atoms with Crippen molar-refractivity contribution in [2.45, 2.75) is 185 Å². The molecule has 0 saturated heterocycles. The molecule has 0 spiro atoms. The van der Waals surface area contributed by atoms with E-state index in [-0.39, 0.29) is 19.3 Å². The summed E-state index contributed by atoms with van der Waals surface area (Å²) in [5.74, 6) is -1.35. The molecule has 0 aromatic carbocycles. The van der Waals surface area contributed by atoms with Crippen molar-refractivity contribution in [2.24, 2.45) is 0 Å². The Morgan fingerprint density at radius 2 is 1.14 bits per heavy atom. The lowest BCUT2D eigenvalue weighted by Crippen LogP contribution is -2.64. The van der Waals surface area contributed by atoms with Gasteiger partial charge in [0, 0.05) is 12.8 Å². The smallest absolute Gasteiger partial charge is 0.462 e. The summed E-state index contributed by atoms with van der Waals surface area (Å²) in [7, 11) is -10.7. The number of aliphatic hydroxyl groups is 5. The predicted octanol–water partition coefficient (Wildman–Crippen LogP) is 7.58. The number of allylic oxidation sites excluding steroid dienone is 12. The molecule has 9 atom stereocenters. The summed E-state index contributed by atoms with van der Waals surface area (Å²) in [5, 5.41) is 51.2. The molecule has 66 heavy (non-hydrogen) atoms. The molecule has 8 N–H and O–H groups in total. The first-order valence-corrected chi connectivity index (χ1v) is 26.3. The Bertz CT molecular complexity index is 1620. The number of esters is 2. The van der Waals surface area contributed by atoms with Crippen molar-refractivity contribution in [2.75, 3.05) is 13.2 Å². The number of hydrogen-bond acceptors (Lipinski definition) is 14. The standard InChI is InChI=1S/C47H78O17P2/c1-3-5-7-9-11-12-13-14-15-19-22-26-30-34-40(49)60-36-39(37-61-66(58,59)64-47-44(53)42(51)43(52)46(45(47)54)63-65(55,56)57)62-41(50)35-31-27-23-20-17-16-18-21-25-29-33-38(48)32-28-24-10-8-6-4-2/h6,8,12-13,16-17,21,23-25,27-29,33,38-39,42-48,51-54H,3-5,7,9-11,14-15,18-20,22,26,30-32,34-37H2,1-2H3,(H,58,59)(H2,55,56,57)/b8-6-,13-12-,17-16-,25-21-,27-23-,28-24-,33-29+/t38?,39-,42?,43?,44?,45?,46-,47+/m1/s1. The van der Waals surface area contributed by atoms with Crippen molar-refractivity contribution in [3.8, 4) is 0 Å². The molecule has 0 heterocycles. The Labute approximate surface area is 391 Å². The second kappa shape index (κ2) is 37.1. The Morgan fingerprint density at radius 3 is 1.79 bits per heavy atom. The largest absolute Gasteiger partial charge is 0.472 e. The Kier molecular flexibility index (Phi) is 34.4. The summed E-state index contributed by atoms with van der Waals surface area (Å²) in [6.45, 7) is 2.83. The summed E-state index contributed by atoms with van der Waals surface area (Å²) in [4.78, 5) is 54.2. The maximum atomic E-state index is 13.0. The van der Waals surface area contributed by atoms with Gasteiger partial charge in [-0.3, -0.25) is 23.2 Å². The van der Waals surface area contributed by atoms with E-state index in [0.29, 0.717) is 25.7 Å². The number of aliphatic hydroxyl groups excluding tert-OH is 5. The van der Waals surface area contributed by atoms with E-state index in [2.05, 4.69) is 42.7 Å². The molecule has 0 amide bonds. The van der Waals surface area contributed by atoms with Crippen molar-refractivity contribution in [3.05, 3.63) is 85.1 Å². The number of ether oxygens (including phenoxy) is 2. The molecule has 19 heteroatoms. The Hall–Kier alpha value is -2.86. The number of phosphoric acid groups is 2. The van der Waals surface area contributed by atoms with Gasteiger partial charge in [0.25, 0.3) is 0 Å². The minimum Gasteiger partial charge on any atom is -0.462 e. The number of carbonyl (C=O) groups excluding carboxylic acids is 2. The van der Waals surface area contributed by atoms with Crippen molar-refractivity contribution < 1.29 is 82.0 Å². The minimum absolute atomic E-state index is 0.0802. The van der Waals surface area contributed by atoms with Crippen LogP contribution in [-0.4, -0.2) is 114 Å². The van der Waals surface area contributed by atoms with Crippen molar-refractivity contribution in [1.82, 2.24) is 0 Å². The van der Waals surface area contributed by atoms with Crippen LogP contribution in [0.5, 0.6) is 0 Å². The van der Waals surface area contributed by atoms with Crippen LogP contribution in [0.25, 0.3) is 0 Å². The van der Waals surface area contributed by atoms with E-state index in [4.69, 9.17) is 28.3 Å². The molecule has 0 aromatic rings. The van der Waals surface area contributed by atoms with Crippen LogP contribution in [-0.2, 0) is 41.8 Å². The lowest BCUT2D eigenvalue weighted by Gasteiger charge is -2.43. The Morgan fingerprint density at radius 1 is 0.576 bits per heavy atom. The second-order valence-corrected chi connectivity index (χ2v) is 18.5. The first kappa shape index (κ1) is 61.2. The lowest BCUT2D eigenvalue weighted by atomic mass is 9.85. The van der Waals surface area contributed by atoms with Gasteiger partial charge in [-0.1, -0.05) is 137 Å². The zero-order chi connectivity index (χ0) is 49.1. The topological polar surface area (TPSA) is 276 Å². The van der Waals surface area contributed by atoms with E-state index in [9.17, 15) is 49.1 Å². The average molecular weight is 977 g/mol. The fourth-order valence-corrected chi connectivity index (χ4v) is 7.96. The van der Waals surface area contributed by atoms with Gasteiger partial charge in [0.2, 0.25) is 0 Å². The van der Waals surface area contributed by atoms with Gasteiger partial charge >= 0.3 is 27.6 Å². The highest BCUT2D eigenvalue weighted by Crippen LogP contribution is 2.49. The number of carbonyl (C=O) groups is 2. The molecule has 1 fully saturated rings. The molecule has 0 aliphatic heterocycles. The van der Waals surface area contributed by atoms with Crippen LogP contribution in [0.3, 0.4) is 0 Å². The number of rotatable bonds is 37. The van der Waals surface area contributed by atoms with E-state index in [0.717, 1.165) is 51.4 Å². The molecule has 6 unspecified atom stereocenters. The van der Waals surface area contributed by atoms with Crippen LogP contribution in [0, 0.1) is 0 Å². The van der Waals surface area contributed by atoms with Crippen LogP contribution >= 0.6 is 15.6 Å². The minimum atomic E-state index is -5.38. The zero-order valence-electron chi connectivity index (χ0n) is 38.7. The summed E-state index contributed by atoms with van der Waals surface area (Å²) in [6, 6.07) is 0. The third-order valence-corrected chi connectivity index (χ3v) is 11.6.